The minimum absolute atomic E-state index is 0.196. The van der Waals surface area contributed by atoms with Gasteiger partial charge in [-0.05, 0) is 43.0 Å². The van der Waals surface area contributed by atoms with Crippen LogP contribution >= 0.6 is 0 Å². The van der Waals surface area contributed by atoms with E-state index in [4.69, 9.17) is 4.55 Å². The number of nitroso groups, excluding NO2 is 1. The van der Waals surface area contributed by atoms with E-state index in [2.05, 4.69) is 5.29 Å². The van der Waals surface area contributed by atoms with Crippen LogP contribution in [0, 0.1) is 10.8 Å². The molecule has 1 aliphatic carbocycles. The molecule has 7 heteroatoms. The van der Waals surface area contributed by atoms with Crippen LogP contribution in [0.2, 0.25) is 0 Å². The quantitative estimate of drug-likeness (QED) is 0.493. The van der Waals surface area contributed by atoms with E-state index in [0.717, 1.165) is 12.8 Å². The van der Waals surface area contributed by atoms with E-state index in [1.54, 1.807) is 0 Å². The lowest BCUT2D eigenvalue weighted by atomic mass is 10.3. The molecule has 0 amide bonds. The molecule has 0 aliphatic heterocycles. The molecule has 1 saturated carbocycles. The number of hydrogen-bond acceptors (Lipinski definition) is 4. The zero-order chi connectivity index (χ0) is 12.5. The molecular weight excluding hydrogens is 244 g/mol. The first kappa shape index (κ1) is 12.0. The van der Waals surface area contributed by atoms with Crippen molar-refractivity contribution in [2.75, 3.05) is 11.6 Å². The second-order valence-electron chi connectivity index (χ2n) is 4.08. The summed E-state index contributed by atoms with van der Waals surface area (Å²) in [5, 5.41) is 4.20. The molecule has 0 aromatic heterocycles. The van der Waals surface area contributed by atoms with Crippen LogP contribution in [0.3, 0.4) is 0 Å². The summed E-state index contributed by atoms with van der Waals surface area (Å²) in [6, 6.07) is 5.39. The molecule has 6 nitrogen and oxygen atoms in total. The molecule has 1 aliphatic rings. The van der Waals surface area contributed by atoms with Crippen molar-refractivity contribution in [3.05, 3.63) is 29.2 Å². The SMILES string of the molecule is O=NN(CC1CC1)c1ccc(S(=O)(=O)O)cc1. The highest BCUT2D eigenvalue weighted by Crippen LogP contribution is 2.31. The smallest absolute Gasteiger partial charge is 0.282 e. The van der Waals surface area contributed by atoms with Crippen molar-refractivity contribution in [2.24, 2.45) is 11.2 Å². The van der Waals surface area contributed by atoms with E-state index in [1.807, 2.05) is 0 Å². The van der Waals surface area contributed by atoms with Gasteiger partial charge in [-0.1, -0.05) is 0 Å². The first-order valence-corrected chi connectivity index (χ1v) is 6.63. The van der Waals surface area contributed by atoms with Crippen molar-refractivity contribution in [3.8, 4) is 0 Å². The second kappa shape index (κ2) is 4.42. The van der Waals surface area contributed by atoms with Crippen LogP contribution in [-0.2, 0) is 10.1 Å². The Bertz CT molecular complexity index is 508. The van der Waals surface area contributed by atoms with Gasteiger partial charge in [-0.3, -0.25) is 4.55 Å². The van der Waals surface area contributed by atoms with Crippen LogP contribution in [0.4, 0.5) is 5.69 Å². The molecule has 0 atom stereocenters. The predicted molar refractivity (Wildman–Crippen MR) is 62.1 cm³/mol. The molecule has 1 aromatic rings. The summed E-state index contributed by atoms with van der Waals surface area (Å²) in [5.74, 6) is 0.494. The maximum Gasteiger partial charge on any atom is 0.294 e. The predicted octanol–water partition coefficient (Wildman–Crippen LogP) is 1.83. The van der Waals surface area contributed by atoms with Crippen LogP contribution in [-0.4, -0.2) is 19.5 Å². The minimum atomic E-state index is -4.19. The van der Waals surface area contributed by atoms with Crippen molar-refractivity contribution in [3.63, 3.8) is 0 Å². The number of benzene rings is 1. The fourth-order valence-electron chi connectivity index (χ4n) is 1.52. The van der Waals surface area contributed by atoms with Gasteiger partial charge in [0.25, 0.3) is 10.1 Å². The van der Waals surface area contributed by atoms with Gasteiger partial charge in [0.1, 0.15) is 0 Å². The molecule has 0 radical (unpaired) electrons. The number of rotatable bonds is 5. The molecule has 92 valence electrons. The van der Waals surface area contributed by atoms with Gasteiger partial charge in [-0.15, -0.1) is 4.91 Å². The normalized spacial score (nSPS) is 15.6. The summed E-state index contributed by atoms with van der Waals surface area (Å²) in [6.07, 6.45) is 2.18. The lowest BCUT2D eigenvalue weighted by molar-refractivity contribution is 0.483. The summed E-state index contributed by atoms with van der Waals surface area (Å²) in [6.45, 7) is 0.550. The van der Waals surface area contributed by atoms with Crippen molar-refractivity contribution >= 4 is 15.8 Å². The molecule has 0 unspecified atom stereocenters. The molecule has 1 N–H and O–H groups in total. The Hall–Kier alpha value is -1.47. The highest BCUT2D eigenvalue weighted by Gasteiger charge is 2.25. The van der Waals surface area contributed by atoms with Gasteiger partial charge >= 0.3 is 0 Å². The fraction of sp³-hybridized carbons (Fsp3) is 0.400. The number of nitrogens with zero attached hydrogens (tertiary/aromatic N) is 2. The van der Waals surface area contributed by atoms with Gasteiger partial charge in [0.05, 0.1) is 15.9 Å². The average Bonchev–Trinajstić information content (AvgIpc) is 3.09. The Kier molecular flexibility index (Phi) is 3.12. The first-order valence-electron chi connectivity index (χ1n) is 5.19. The number of anilines is 1. The van der Waals surface area contributed by atoms with Crippen molar-refractivity contribution in [2.45, 2.75) is 17.7 Å². The molecular formula is C10H12N2O4S. The van der Waals surface area contributed by atoms with Crippen LogP contribution in [0.15, 0.2) is 34.4 Å². The highest BCUT2D eigenvalue weighted by molar-refractivity contribution is 7.85. The highest BCUT2D eigenvalue weighted by atomic mass is 32.2. The molecule has 17 heavy (non-hydrogen) atoms. The van der Waals surface area contributed by atoms with Crippen molar-refractivity contribution < 1.29 is 13.0 Å². The minimum Gasteiger partial charge on any atom is -0.282 e. The van der Waals surface area contributed by atoms with E-state index in [0.29, 0.717) is 18.2 Å². The van der Waals surface area contributed by atoms with E-state index in [1.165, 1.54) is 29.3 Å². The van der Waals surface area contributed by atoms with Gasteiger partial charge in [0, 0.05) is 6.54 Å². The first-order chi connectivity index (χ1) is 8.00. The summed E-state index contributed by atoms with van der Waals surface area (Å²) in [4.78, 5) is 10.5. The molecule has 2 rings (SSSR count). The fourth-order valence-corrected chi connectivity index (χ4v) is 2.00. The Balaban J connectivity index is 2.17. The Morgan fingerprint density at radius 3 is 2.29 bits per heavy atom. The van der Waals surface area contributed by atoms with Gasteiger partial charge in [0.2, 0.25) is 0 Å². The van der Waals surface area contributed by atoms with Gasteiger partial charge in [0.15, 0.2) is 0 Å². The molecule has 0 spiro atoms. The van der Waals surface area contributed by atoms with E-state index in [9.17, 15) is 13.3 Å². The maximum absolute atomic E-state index is 10.8. The standard InChI is InChI=1S/C10H12N2O4S/c13-11-12(7-8-1-2-8)9-3-5-10(6-4-9)17(14,15)16/h3-6,8H,1-2,7H2,(H,14,15,16). The molecule has 0 heterocycles. The second-order valence-corrected chi connectivity index (χ2v) is 5.50. The van der Waals surface area contributed by atoms with E-state index in [-0.39, 0.29) is 4.90 Å². The number of hydrogen-bond donors (Lipinski definition) is 1. The largest absolute Gasteiger partial charge is 0.294 e. The summed E-state index contributed by atoms with van der Waals surface area (Å²) >= 11 is 0. The van der Waals surface area contributed by atoms with Crippen LogP contribution < -0.4 is 5.01 Å². The van der Waals surface area contributed by atoms with Crippen LogP contribution in [0.1, 0.15) is 12.8 Å². The van der Waals surface area contributed by atoms with E-state index < -0.39 is 10.1 Å². The molecule has 1 aromatic carbocycles. The van der Waals surface area contributed by atoms with Gasteiger partial charge < -0.3 is 0 Å². The Morgan fingerprint density at radius 1 is 1.29 bits per heavy atom. The molecule has 0 bridgehead atoms. The summed E-state index contributed by atoms with van der Waals surface area (Å²) < 4.78 is 30.5. The zero-order valence-corrected chi connectivity index (χ0v) is 9.80. The Labute approximate surface area is 98.9 Å². The van der Waals surface area contributed by atoms with Crippen LogP contribution in [0.5, 0.6) is 0 Å². The molecule has 0 saturated heterocycles. The lowest BCUT2D eigenvalue weighted by Gasteiger charge is -2.14. The Morgan fingerprint density at radius 2 is 1.88 bits per heavy atom. The third kappa shape index (κ3) is 3.01. The summed E-state index contributed by atoms with van der Waals surface area (Å²) in [7, 11) is -4.19. The van der Waals surface area contributed by atoms with Crippen molar-refractivity contribution in [1.29, 1.82) is 0 Å². The lowest BCUT2D eigenvalue weighted by Crippen LogP contribution is -2.18. The maximum atomic E-state index is 10.8. The van der Waals surface area contributed by atoms with Gasteiger partial charge in [-0.2, -0.15) is 8.42 Å². The topological polar surface area (TPSA) is 87.0 Å². The average molecular weight is 256 g/mol. The monoisotopic (exact) mass is 256 g/mol. The summed E-state index contributed by atoms with van der Waals surface area (Å²) in [5.41, 5.74) is 0.527. The third-order valence-corrected chi connectivity index (χ3v) is 3.53. The zero-order valence-electron chi connectivity index (χ0n) is 8.98. The van der Waals surface area contributed by atoms with Crippen LogP contribution in [0.25, 0.3) is 0 Å². The van der Waals surface area contributed by atoms with Gasteiger partial charge in [-0.25, -0.2) is 5.01 Å². The van der Waals surface area contributed by atoms with E-state index >= 15 is 0 Å². The third-order valence-electron chi connectivity index (χ3n) is 2.66. The molecule has 1 fully saturated rings. The van der Waals surface area contributed by atoms with Crippen molar-refractivity contribution in [1.82, 2.24) is 0 Å².